The van der Waals surface area contributed by atoms with Gasteiger partial charge in [0, 0.05) is 50.3 Å². The number of piperidine rings is 2. The van der Waals surface area contributed by atoms with E-state index in [0.717, 1.165) is 50.1 Å². The van der Waals surface area contributed by atoms with E-state index >= 15 is 0 Å². The highest BCUT2D eigenvalue weighted by atomic mass is 19.1. The maximum Gasteiger partial charge on any atom is 0.123 e. The molecule has 0 bridgehead atoms. The molecule has 2 aliphatic heterocycles. The summed E-state index contributed by atoms with van der Waals surface area (Å²) in [4.78, 5) is 9.21. The zero-order chi connectivity index (χ0) is 19.3. The first-order chi connectivity index (χ1) is 13.7. The molecule has 2 aliphatic rings. The summed E-state index contributed by atoms with van der Waals surface area (Å²) < 4.78 is 19.5. The summed E-state index contributed by atoms with van der Waals surface area (Å²) in [6.45, 7) is 7.01. The van der Waals surface area contributed by atoms with Crippen LogP contribution in [-0.4, -0.2) is 48.2 Å². The molecule has 1 aromatic heterocycles. The largest absolute Gasteiger partial charge is 0.373 e. The number of anilines is 1. The van der Waals surface area contributed by atoms with E-state index in [1.165, 1.54) is 18.5 Å². The zero-order valence-corrected chi connectivity index (χ0v) is 16.7. The van der Waals surface area contributed by atoms with Crippen LogP contribution in [0.2, 0.25) is 0 Å². The number of hydrogen-bond donors (Lipinski definition) is 0. The van der Waals surface area contributed by atoms with Crippen LogP contribution in [0.15, 0.2) is 42.7 Å². The Kier molecular flexibility index (Phi) is 6.23. The minimum atomic E-state index is -0.148. The van der Waals surface area contributed by atoms with Crippen molar-refractivity contribution < 1.29 is 9.13 Å². The molecule has 5 heteroatoms. The van der Waals surface area contributed by atoms with E-state index in [1.807, 2.05) is 25.3 Å². The van der Waals surface area contributed by atoms with E-state index in [4.69, 9.17) is 4.74 Å². The van der Waals surface area contributed by atoms with Crippen LogP contribution in [0.5, 0.6) is 0 Å². The van der Waals surface area contributed by atoms with Crippen molar-refractivity contribution in [2.45, 2.75) is 51.4 Å². The number of hydrogen-bond acceptors (Lipinski definition) is 4. The molecule has 0 aliphatic carbocycles. The summed E-state index contributed by atoms with van der Waals surface area (Å²) in [6, 6.07) is 9.83. The zero-order valence-electron chi connectivity index (χ0n) is 16.7. The predicted molar refractivity (Wildman–Crippen MR) is 110 cm³/mol. The van der Waals surface area contributed by atoms with Gasteiger partial charge in [-0.3, -0.25) is 4.98 Å². The first-order valence-electron chi connectivity index (χ1n) is 10.4. The Labute approximate surface area is 167 Å². The number of aryl methyl sites for hydroxylation is 1. The highest BCUT2D eigenvalue weighted by molar-refractivity contribution is 5.53. The third kappa shape index (κ3) is 4.70. The Morgan fingerprint density at radius 2 is 1.86 bits per heavy atom. The van der Waals surface area contributed by atoms with Crippen LogP contribution in [0.3, 0.4) is 0 Å². The molecule has 0 amide bonds. The van der Waals surface area contributed by atoms with Gasteiger partial charge in [0.1, 0.15) is 5.82 Å². The maximum absolute atomic E-state index is 13.4. The van der Waals surface area contributed by atoms with Crippen molar-refractivity contribution in [1.29, 1.82) is 0 Å². The first kappa shape index (κ1) is 19.3. The number of ether oxygens (including phenoxy) is 1. The van der Waals surface area contributed by atoms with Crippen LogP contribution in [0.1, 0.15) is 36.8 Å². The minimum Gasteiger partial charge on any atom is -0.373 e. The van der Waals surface area contributed by atoms with Crippen LogP contribution in [-0.2, 0) is 11.3 Å². The van der Waals surface area contributed by atoms with Crippen LogP contribution in [0.4, 0.5) is 10.1 Å². The number of pyridine rings is 1. The van der Waals surface area contributed by atoms with E-state index in [1.54, 1.807) is 18.3 Å². The Morgan fingerprint density at radius 1 is 1.07 bits per heavy atom. The van der Waals surface area contributed by atoms with Crippen molar-refractivity contribution in [3.63, 3.8) is 0 Å². The first-order valence-corrected chi connectivity index (χ1v) is 10.4. The molecular weight excluding hydrogens is 353 g/mol. The fourth-order valence-electron chi connectivity index (χ4n) is 4.55. The van der Waals surface area contributed by atoms with Gasteiger partial charge in [0.2, 0.25) is 0 Å². The van der Waals surface area contributed by atoms with Gasteiger partial charge in [0.05, 0.1) is 12.7 Å². The average Bonchev–Trinajstić information content (AvgIpc) is 2.74. The summed E-state index contributed by atoms with van der Waals surface area (Å²) in [6.07, 6.45) is 8.61. The van der Waals surface area contributed by atoms with Gasteiger partial charge >= 0.3 is 0 Å². The Hall–Kier alpha value is -1.98. The molecule has 0 unspecified atom stereocenters. The minimum absolute atomic E-state index is 0.148. The highest BCUT2D eigenvalue weighted by Gasteiger charge is 2.29. The number of nitrogens with zero attached hydrogens (tertiary/aromatic N) is 3. The number of likely N-dealkylation sites (tertiary alicyclic amines) is 1. The molecule has 150 valence electrons. The molecule has 4 nitrogen and oxygen atoms in total. The van der Waals surface area contributed by atoms with Gasteiger partial charge in [0.15, 0.2) is 0 Å². The standard InChI is InChI=1S/C23H30FN3O/c1-18-15-20(24)4-5-23(18)27-11-6-21(7-12-27)26-13-8-22(9-14-26)28-17-19-3-2-10-25-16-19/h2-5,10,15-16,21-22H,6-9,11-14,17H2,1H3. The van der Waals surface area contributed by atoms with Crippen molar-refractivity contribution in [1.82, 2.24) is 9.88 Å². The number of rotatable bonds is 5. The molecule has 2 aromatic rings. The third-order valence-electron chi connectivity index (χ3n) is 6.17. The second kappa shape index (κ2) is 9.01. The second-order valence-corrected chi connectivity index (χ2v) is 8.06. The highest BCUT2D eigenvalue weighted by Crippen LogP contribution is 2.28. The van der Waals surface area contributed by atoms with Crippen molar-refractivity contribution in [2.24, 2.45) is 0 Å². The lowest BCUT2D eigenvalue weighted by atomic mass is 9.98. The summed E-state index contributed by atoms with van der Waals surface area (Å²) in [5, 5.41) is 0. The van der Waals surface area contributed by atoms with Gasteiger partial charge in [-0.05, 0) is 68.0 Å². The smallest absolute Gasteiger partial charge is 0.123 e. The van der Waals surface area contributed by atoms with Crippen molar-refractivity contribution in [3.8, 4) is 0 Å². The van der Waals surface area contributed by atoms with Crippen molar-refractivity contribution >= 4 is 5.69 Å². The van der Waals surface area contributed by atoms with Gasteiger partial charge in [-0.2, -0.15) is 0 Å². The fourth-order valence-corrected chi connectivity index (χ4v) is 4.55. The van der Waals surface area contributed by atoms with Crippen LogP contribution < -0.4 is 4.90 Å². The molecule has 1 aromatic carbocycles. The summed E-state index contributed by atoms with van der Waals surface area (Å²) in [5.41, 5.74) is 3.36. The number of aromatic nitrogens is 1. The van der Waals surface area contributed by atoms with E-state index in [9.17, 15) is 4.39 Å². The molecule has 2 saturated heterocycles. The summed E-state index contributed by atoms with van der Waals surface area (Å²) in [5.74, 6) is -0.148. The van der Waals surface area contributed by atoms with E-state index in [2.05, 4.69) is 20.9 Å². The monoisotopic (exact) mass is 383 g/mol. The SMILES string of the molecule is Cc1cc(F)ccc1N1CCC(N2CCC(OCc3cccnc3)CC2)CC1. The lowest BCUT2D eigenvalue weighted by molar-refractivity contribution is -0.0133. The topological polar surface area (TPSA) is 28.6 Å². The molecule has 0 saturated carbocycles. The molecule has 0 radical (unpaired) electrons. The van der Waals surface area contributed by atoms with Crippen molar-refractivity contribution in [2.75, 3.05) is 31.1 Å². The Morgan fingerprint density at radius 3 is 2.54 bits per heavy atom. The normalized spacial score (nSPS) is 19.9. The number of halogens is 1. The molecule has 2 fully saturated rings. The van der Waals surface area contributed by atoms with Gasteiger partial charge in [-0.15, -0.1) is 0 Å². The lowest BCUT2D eigenvalue weighted by Crippen LogP contribution is -2.48. The molecule has 0 N–H and O–H groups in total. The Balaban J connectivity index is 1.22. The molecule has 3 heterocycles. The predicted octanol–water partition coefficient (Wildman–Crippen LogP) is 4.18. The third-order valence-corrected chi connectivity index (χ3v) is 6.17. The quantitative estimate of drug-likeness (QED) is 0.774. The average molecular weight is 384 g/mol. The second-order valence-electron chi connectivity index (χ2n) is 8.06. The molecule has 0 atom stereocenters. The van der Waals surface area contributed by atoms with Crippen LogP contribution in [0, 0.1) is 12.7 Å². The lowest BCUT2D eigenvalue weighted by Gasteiger charge is -2.42. The van der Waals surface area contributed by atoms with Crippen molar-refractivity contribution in [3.05, 3.63) is 59.7 Å². The molecular formula is C23H30FN3O. The summed E-state index contributed by atoms with van der Waals surface area (Å²) in [7, 11) is 0. The van der Waals surface area contributed by atoms with E-state index < -0.39 is 0 Å². The van der Waals surface area contributed by atoms with Gasteiger partial charge in [-0.25, -0.2) is 4.39 Å². The molecule has 4 rings (SSSR count). The fraction of sp³-hybridized carbons (Fsp3) is 0.522. The Bertz CT molecular complexity index is 754. The van der Waals surface area contributed by atoms with E-state index in [0.29, 0.717) is 18.8 Å². The molecule has 28 heavy (non-hydrogen) atoms. The molecule has 0 spiro atoms. The number of benzene rings is 1. The van der Waals surface area contributed by atoms with Crippen LogP contribution in [0.25, 0.3) is 0 Å². The van der Waals surface area contributed by atoms with Gasteiger partial charge < -0.3 is 14.5 Å². The van der Waals surface area contributed by atoms with Crippen LogP contribution >= 0.6 is 0 Å². The maximum atomic E-state index is 13.4. The van der Waals surface area contributed by atoms with Gasteiger partial charge in [-0.1, -0.05) is 6.07 Å². The van der Waals surface area contributed by atoms with Gasteiger partial charge in [0.25, 0.3) is 0 Å². The summed E-state index contributed by atoms with van der Waals surface area (Å²) >= 11 is 0. The van der Waals surface area contributed by atoms with E-state index in [-0.39, 0.29) is 5.82 Å².